The maximum absolute atomic E-state index is 8.65. The summed E-state index contributed by atoms with van der Waals surface area (Å²) in [7, 11) is 2.13. The molecule has 1 rings (SSSR count). The van der Waals surface area contributed by atoms with Gasteiger partial charge in [0.05, 0.1) is 5.56 Å². The van der Waals surface area contributed by atoms with Gasteiger partial charge in [0.25, 0.3) is 0 Å². The van der Waals surface area contributed by atoms with Crippen LogP contribution in [0.5, 0.6) is 0 Å². The first-order chi connectivity index (χ1) is 8.17. The lowest BCUT2D eigenvalue weighted by atomic mass is 10.2. The van der Waals surface area contributed by atoms with Gasteiger partial charge in [-0.2, -0.15) is 5.26 Å². The topological polar surface area (TPSA) is 52.0 Å². The summed E-state index contributed by atoms with van der Waals surface area (Å²) >= 11 is 0. The second-order valence-electron chi connectivity index (χ2n) is 4.21. The number of anilines is 1. The minimum atomic E-state index is 0.590. The fraction of sp³-hybridized carbons (Fsp3) is 0.538. The van der Waals surface area contributed by atoms with Gasteiger partial charge in [-0.15, -0.1) is 0 Å². The molecule has 0 saturated carbocycles. The molecule has 0 aromatic carbocycles. The highest BCUT2D eigenvalue weighted by Crippen LogP contribution is 2.04. The second-order valence-corrected chi connectivity index (χ2v) is 4.21. The third kappa shape index (κ3) is 4.41. The first-order valence-electron chi connectivity index (χ1n) is 5.97. The summed E-state index contributed by atoms with van der Waals surface area (Å²) in [5.41, 5.74) is 0.590. The number of hydrogen-bond donors (Lipinski definition) is 1. The Labute approximate surface area is 103 Å². The summed E-state index contributed by atoms with van der Waals surface area (Å²) in [5, 5.41) is 11.9. The molecule has 1 aromatic rings. The van der Waals surface area contributed by atoms with Crippen LogP contribution in [0.4, 0.5) is 5.82 Å². The molecule has 4 heteroatoms. The molecule has 0 aliphatic heterocycles. The standard InChI is InChI=1S/C13H20N4/c1-4-11(2)17(3)8-7-15-13-6-5-12(9-14)10-16-13/h5-6,10-11H,4,7-8H2,1-3H3,(H,15,16). The minimum absolute atomic E-state index is 0.590. The minimum Gasteiger partial charge on any atom is -0.369 e. The van der Waals surface area contributed by atoms with Crippen LogP contribution in [0.3, 0.4) is 0 Å². The van der Waals surface area contributed by atoms with Crippen molar-refractivity contribution >= 4 is 5.82 Å². The molecule has 92 valence electrons. The molecule has 0 amide bonds. The van der Waals surface area contributed by atoms with E-state index in [1.54, 1.807) is 12.3 Å². The average Bonchev–Trinajstić information content (AvgIpc) is 2.38. The van der Waals surface area contributed by atoms with Crippen molar-refractivity contribution in [1.82, 2.24) is 9.88 Å². The second kappa shape index (κ2) is 6.87. The van der Waals surface area contributed by atoms with E-state index in [1.165, 1.54) is 0 Å². The van der Waals surface area contributed by atoms with Crippen LogP contribution in [0.1, 0.15) is 25.8 Å². The van der Waals surface area contributed by atoms with Gasteiger partial charge in [0.2, 0.25) is 0 Å². The van der Waals surface area contributed by atoms with Crippen LogP contribution in [0, 0.1) is 11.3 Å². The number of rotatable bonds is 6. The summed E-state index contributed by atoms with van der Waals surface area (Å²) in [6.07, 6.45) is 2.74. The fourth-order valence-corrected chi connectivity index (χ4v) is 1.46. The highest BCUT2D eigenvalue weighted by Gasteiger charge is 2.05. The lowest BCUT2D eigenvalue weighted by Crippen LogP contribution is -2.32. The Bertz CT molecular complexity index is 366. The van der Waals surface area contributed by atoms with Gasteiger partial charge in [0.15, 0.2) is 0 Å². The summed E-state index contributed by atoms with van der Waals surface area (Å²) in [5.74, 6) is 0.821. The number of hydrogen-bond acceptors (Lipinski definition) is 4. The summed E-state index contributed by atoms with van der Waals surface area (Å²) < 4.78 is 0. The molecule has 0 saturated heterocycles. The monoisotopic (exact) mass is 232 g/mol. The Morgan fingerprint density at radius 3 is 2.82 bits per heavy atom. The van der Waals surface area contributed by atoms with Crippen molar-refractivity contribution in [3.8, 4) is 6.07 Å². The first-order valence-corrected chi connectivity index (χ1v) is 5.97. The van der Waals surface area contributed by atoms with E-state index in [1.807, 2.05) is 6.07 Å². The number of nitrogens with one attached hydrogen (secondary N) is 1. The van der Waals surface area contributed by atoms with E-state index in [0.717, 1.165) is 25.3 Å². The van der Waals surface area contributed by atoms with E-state index in [2.05, 4.69) is 42.2 Å². The van der Waals surface area contributed by atoms with Gasteiger partial charge in [0, 0.05) is 25.3 Å². The van der Waals surface area contributed by atoms with Gasteiger partial charge in [-0.1, -0.05) is 6.92 Å². The van der Waals surface area contributed by atoms with E-state index in [0.29, 0.717) is 11.6 Å². The van der Waals surface area contributed by atoms with Gasteiger partial charge < -0.3 is 10.2 Å². The predicted molar refractivity (Wildman–Crippen MR) is 69.8 cm³/mol. The van der Waals surface area contributed by atoms with Crippen LogP contribution < -0.4 is 5.32 Å². The van der Waals surface area contributed by atoms with Crippen LogP contribution in [-0.4, -0.2) is 36.1 Å². The normalized spacial score (nSPS) is 12.2. The van der Waals surface area contributed by atoms with Crippen LogP contribution in [0.15, 0.2) is 18.3 Å². The average molecular weight is 232 g/mol. The molecule has 0 radical (unpaired) electrons. The van der Waals surface area contributed by atoms with E-state index < -0.39 is 0 Å². The van der Waals surface area contributed by atoms with Gasteiger partial charge in [-0.3, -0.25) is 0 Å². The number of aromatic nitrogens is 1. The quantitative estimate of drug-likeness (QED) is 0.816. The Morgan fingerprint density at radius 1 is 1.53 bits per heavy atom. The Kier molecular flexibility index (Phi) is 5.44. The van der Waals surface area contributed by atoms with Gasteiger partial charge in [-0.05, 0) is 32.5 Å². The highest BCUT2D eigenvalue weighted by molar-refractivity contribution is 5.38. The number of nitriles is 1. The molecule has 0 spiro atoms. The molecule has 0 aliphatic rings. The number of nitrogens with zero attached hydrogens (tertiary/aromatic N) is 3. The SMILES string of the molecule is CCC(C)N(C)CCNc1ccc(C#N)cn1. The van der Waals surface area contributed by atoms with Gasteiger partial charge >= 0.3 is 0 Å². The van der Waals surface area contributed by atoms with E-state index in [9.17, 15) is 0 Å². The third-order valence-electron chi connectivity index (χ3n) is 3.01. The smallest absolute Gasteiger partial charge is 0.126 e. The van der Waals surface area contributed by atoms with Crippen LogP contribution in [0.2, 0.25) is 0 Å². The largest absolute Gasteiger partial charge is 0.369 e. The van der Waals surface area contributed by atoms with Crippen LogP contribution in [-0.2, 0) is 0 Å². The number of likely N-dealkylation sites (N-methyl/N-ethyl adjacent to an activating group) is 1. The van der Waals surface area contributed by atoms with Crippen molar-refractivity contribution in [1.29, 1.82) is 5.26 Å². The first kappa shape index (κ1) is 13.5. The van der Waals surface area contributed by atoms with Crippen molar-refractivity contribution in [2.24, 2.45) is 0 Å². The van der Waals surface area contributed by atoms with Gasteiger partial charge in [0.1, 0.15) is 11.9 Å². The van der Waals surface area contributed by atoms with Gasteiger partial charge in [-0.25, -0.2) is 4.98 Å². The maximum Gasteiger partial charge on any atom is 0.126 e. The predicted octanol–water partition coefficient (Wildman–Crippen LogP) is 2.10. The molecule has 1 heterocycles. The summed E-state index contributed by atoms with van der Waals surface area (Å²) in [4.78, 5) is 6.48. The van der Waals surface area contributed by atoms with Crippen molar-refractivity contribution in [3.05, 3.63) is 23.9 Å². The number of pyridine rings is 1. The molecule has 1 aromatic heterocycles. The molecule has 1 unspecified atom stereocenters. The fourth-order valence-electron chi connectivity index (χ4n) is 1.46. The zero-order valence-electron chi connectivity index (χ0n) is 10.8. The molecule has 1 atom stereocenters. The van der Waals surface area contributed by atoms with Crippen molar-refractivity contribution < 1.29 is 0 Å². The molecule has 17 heavy (non-hydrogen) atoms. The molecular formula is C13H20N4. The highest BCUT2D eigenvalue weighted by atomic mass is 15.1. The van der Waals surface area contributed by atoms with Crippen molar-refractivity contribution in [2.45, 2.75) is 26.3 Å². The van der Waals surface area contributed by atoms with Crippen molar-refractivity contribution in [3.63, 3.8) is 0 Å². The van der Waals surface area contributed by atoms with E-state index >= 15 is 0 Å². The molecular weight excluding hydrogens is 212 g/mol. The third-order valence-corrected chi connectivity index (χ3v) is 3.01. The zero-order chi connectivity index (χ0) is 12.7. The molecule has 0 fully saturated rings. The molecule has 0 bridgehead atoms. The summed E-state index contributed by atoms with van der Waals surface area (Å²) in [6.45, 7) is 6.26. The lowest BCUT2D eigenvalue weighted by Gasteiger charge is -2.23. The Hall–Kier alpha value is -1.60. The molecule has 1 N–H and O–H groups in total. The molecule has 0 aliphatic carbocycles. The van der Waals surface area contributed by atoms with Crippen LogP contribution >= 0.6 is 0 Å². The van der Waals surface area contributed by atoms with Crippen molar-refractivity contribution in [2.75, 3.05) is 25.5 Å². The van der Waals surface area contributed by atoms with E-state index in [4.69, 9.17) is 5.26 Å². The van der Waals surface area contributed by atoms with Crippen LogP contribution in [0.25, 0.3) is 0 Å². The zero-order valence-corrected chi connectivity index (χ0v) is 10.8. The van der Waals surface area contributed by atoms with E-state index in [-0.39, 0.29) is 0 Å². The summed E-state index contributed by atoms with van der Waals surface area (Å²) in [6, 6.07) is 6.26. The Balaban J connectivity index is 2.33. The Morgan fingerprint density at radius 2 is 2.29 bits per heavy atom. The lowest BCUT2D eigenvalue weighted by molar-refractivity contribution is 0.261. The molecule has 4 nitrogen and oxygen atoms in total. The maximum atomic E-state index is 8.65.